The average molecular weight is 374 g/mol. The molecule has 1 N–H and O–H groups in total. The summed E-state index contributed by atoms with van der Waals surface area (Å²) >= 11 is 11.9. The molecule has 0 bridgehead atoms. The van der Waals surface area contributed by atoms with Crippen molar-refractivity contribution < 1.29 is 14.3 Å². The number of piperazine rings is 1. The van der Waals surface area contributed by atoms with Crippen molar-refractivity contribution in [2.75, 3.05) is 53.0 Å². The number of nitrogens with zero attached hydrogens (tertiary/aromatic N) is 2. The van der Waals surface area contributed by atoms with E-state index in [1.165, 1.54) is 0 Å². The summed E-state index contributed by atoms with van der Waals surface area (Å²) in [5.41, 5.74) is 0.432. The maximum Gasteiger partial charge on any atom is 0.255 e. The second-order valence-corrected chi connectivity index (χ2v) is 6.31. The Balaban J connectivity index is 1.83. The zero-order valence-electron chi connectivity index (χ0n) is 13.6. The summed E-state index contributed by atoms with van der Waals surface area (Å²) in [5, 5.41) is 3.86. The standard InChI is InChI=1S/C16H21Cl2N3O3/c1-24-9-4-19-11-15(22)20-5-7-21(8-6-20)16(23)13-3-2-12(17)10-14(13)18/h2-3,10,19H,4-9,11H2,1H3. The third-order valence-electron chi connectivity index (χ3n) is 3.84. The number of hydrogen-bond donors (Lipinski definition) is 1. The predicted octanol–water partition coefficient (Wildman–Crippen LogP) is 1.51. The molecule has 8 heteroatoms. The first-order valence-corrected chi connectivity index (χ1v) is 8.50. The molecule has 0 aromatic heterocycles. The first kappa shape index (κ1) is 19.0. The van der Waals surface area contributed by atoms with Crippen LogP contribution in [0.1, 0.15) is 10.4 Å². The normalized spacial score (nSPS) is 14.8. The minimum Gasteiger partial charge on any atom is -0.383 e. The third-order valence-corrected chi connectivity index (χ3v) is 4.39. The smallest absolute Gasteiger partial charge is 0.255 e. The summed E-state index contributed by atoms with van der Waals surface area (Å²) in [4.78, 5) is 28.1. The van der Waals surface area contributed by atoms with Crippen LogP contribution in [0, 0.1) is 0 Å². The van der Waals surface area contributed by atoms with Crippen LogP contribution < -0.4 is 5.32 Å². The van der Waals surface area contributed by atoms with Crippen molar-refractivity contribution in [2.24, 2.45) is 0 Å². The van der Waals surface area contributed by atoms with Gasteiger partial charge in [-0.05, 0) is 18.2 Å². The minimum atomic E-state index is -0.137. The molecule has 0 unspecified atom stereocenters. The lowest BCUT2D eigenvalue weighted by molar-refractivity contribution is -0.131. The second kappa shape index (κ2) is 9.22. The molecular weight excluding hydrogens is 353 g/mol. The summed E-state index contributed by atoms with van der Waals surface area (Å²) in [6, 6.07) is 4.83. The van der Waals surface area contributed by atoms with E-state index in [4.69, 9.17) is 27.9 Å². The highest BCUT2D eigenvalue weighted by atomic mass is 35.5. The van der Waals surface area contributed by atoms with Gasteiger partial charge in [0.05, 0.1) is 23.7 Å². The van der Waals surface area contributed by atoms with Crippen molar-refractivity contribution in [1.29, 1.82) is 0 Å². The van der Waals surface area contributed by atoms with Gasteiger partial charge >= 0.3 is 0 Å². The van der Waals surface area contributed by atoms with E-state index in [0.29, 0.717) is 54.9 Å². The average Bonchev–Trinajstić information content (AvgIpc) is 2.58. The lowest BCUT2D eigenvalue weighted by Crippen LogP contribution is -2.52. The molecule has 1 saturated heterocycles. The molecule has 0 saturated carbocycles. The van der Waals surface area contributed by atoms with Crippen LogP contribution in [0.5, 0.6) is 0 Å². The Labute approximate surface area is 151 Å². The molecule has 6 nitrogen and oxygen atoms in total. The molecule has 0 aliphatic carbocycles. The van der Waals surface area contributed by atoms with Gasteiger partial charge in [-0.15, -0.1) is 0 Å². The highest BCUT2D eigenvalue weighted by Crippen LogP contribution is 2.22. The monoisotopic (exact) mass is 373 g/mol. The Morgan fingerprint density at radius 3 is 2.46 bits per heavy atom. The Kier molecular flexibility index (Phi) is 7.30. The second-order valence-electron chi connectivity index (χ2n) is 5.47. The quantitative estimate of drug-likeness (QED) is 0.767. The molecular formula is C16H21Cl2N3O3. The summed E-state index contributed by atoms with van der Waals surface area (Å²) in [7, 11) is 1.62. The molecule has 1 aromatic rings. The van der Waals surface area contributed by atoms with Gasteiger partial charge in [0.25, 0.3) is 5.91 Å². The van der Waals surface area contributed by atoms with Crippen LogP contribution in [0.3, 0.4) is 0 Å². The predicted molar refractivity (Wildman–Crippen MR) is 93.7 cm³/mol. The van der Waals surface area contributed by atoms with Gasteiger partial charge in [0.15, 0.2) is 0 Å². The Bertz CT molecular complexity index is 590. The van der Waals surface area contributed by atoms with Gasteiger partial charge < -0.3 is 19.9 Å². The van der Waals surface area contributed by atoms with Crippen molar-refractivity contribution in [3.8, 4) is 0 Å². The van der Waals surface area contributed by atoms with Gasteiger partial charge in [0.2, 0.25) is 5.91 Å². The van der Waals surface area contributed by atoms with Crippen LogP contribution in [0.4, 0.5) is 0 Å². The molecule has 1 aliphatic rings. The lowest BCUT2D eigenvalue weighted by atomic mass is 10.1. The molecule has 24 heavy (non-hydrogen) atoms. The van der Waals surface area contributed by atoms with E-state index in [2.05, 4.69) is 5.32 Å². The van der Waals surface area contributed by atoms with Crippen molar-refractivity contribution >= 4 is 35.0 Å². The fourth-order valence-corrected chi connectivity index (χ4v) is 2.96. The number of halogens is 2. The van der Waals surface area contributed by atoms with Crippen LogP contribution >= 0.6 is 23.2 Å². The SMILES string of the molecule is COCCNCC(=O)N1CCN(C(=O)c2ccc(Cl)cc2Cl)CC1. The van der Waals surface area contributed by atoms with E-state index in [0.717, 1.165) is 0 Å². The number of ether oxygens (including phenoxy) is 1. The van der Waals surface area contributed by atoms with E-state index in [1.807, 2.05) is 0 Å². The summed E-state index contributed by atoms with van der Waals surface area (Å²) in [5.74, 6) is -0.107. The first-order chi connectivity index (χ1) is 11.5. The number of amides is 2. The van der Waals surface area contributed by atoms with E-state index in [9.17, 15) is 9.59 Å². The lowest BCUT2D eigenvalue weighted by Gasteiger charge is -2.35. The topological polar surface area (TPSA) is 61.9 Å². The van der Waals surface area contributed by atoms with E-state index >= 15 is 0 Å². The van der Waals surface area contributed by atoms with Gasteiger partial charge in [-0.3, -0.25) is 9.59 Å². The molecule has 2 rings (SSSR count). The molecule has 1 aromatic carbocycles. The summed E-state index contributed by atoms with van der Waals surface area (Å²) < 4.78 is 4.92. The first-order valence-electron chi connectivity index (χ1n) is 7.74. The fraction of sp³-hybridized carbons (Fsp3) is 0.500. The molecule has 132 valence electrons. The number of methoxy groups -OCH3 is 1. The molecule has 1 heterocycles. The van der Waals surface area contributed by atoms with E-state index in [1.54, 1.807) is 35.1 Å². The summed E-state index contributed by atoms with van der Waals surface area (Å²) in [6.45, 7) is 3.49. The Morgan fingerprint density at radius 2 is 1.83 bits per heavy atom. The maximum absolute atomic E-state index is 12.5. The number of benzene rings is 1. The van der Waals surface area contributed by atoms with Crippen molar-refractivity contribution in [3.63, 3.8) is 0 Å². The maximum atomic E-state index is 12.5. The van der Waals surface area contributed by atoms with Crippen LogP contribution in [-0.2, 0) is 9.53 Å². The number of hydrogen-bond acceptors (Lipinski definition) is 4. The number of rotatable bonds is 6. The van der Waals surface area contributed by atoms with Crippen molar-refractivity contribution in [2.45, 2.75) is 0 Å². The zero-order chi connectivity index (χ0) is 17.5. The van der Waals surface area contributed by atoms with Gasteiger partial charge in [0, 0.05) is 44.9 Å². The van der Waals surface area contributed by atoms with Gasteiger partial charge in [-0.2, -0.15) is 0 Å². The van der Waals surface area contributed by atoms with E-state index in [-0.39, 0.29) is 18.4 Å². The van der Waals surface area contributed by atoms with Crippen LogP contribution in [0.2, 0.25) is 10.0 Å². The van der Waals surface area contributed by atoms with Gasteiger partial charge in [0.1, 0.15) is 0 Å². The van der Waals surface area contributed by atoms with Crippen LogP contribution in [0.25, 0.3) is 0 Å². The minimum absolute atomic E-state index is 0.0303. The number of carbonyl (C=O) groups is 2. The zero-order valence-corrected chi connectivity index (χ0v) is 15.1. The molecule has 1 fully saturated rings. The molecule has 0 radical (unpaired) electrons. The fourth-order valence-electron chi connectivity index (χ4n) is 2.47. The molecule has 1 aliphatic heterocycles. The Morgan fingerprint density at radius 1 is 1.17 bits per heavy atom. The third kappa shape index (κ3) is 5.08. The van der Waals surface area contributed by atoms with E-state index < -0.39 is 0 Å². The van der Waals surface area contributed by atoms with Crippen LogP contribution in [-0.4, -0.2) is 74.6 Å². The number of carbonyl (C=O) groups excluding carboxylic acids is 2. The largest absolute Gasteiger partial charge is 0.383 e. The van der Waals surface area contributed by atoms with Gasteiger partial charge in [-0.25, -0.2) is 0 Å². The Hall–Kier alpha value is -1.34. The summed E-state index contributed by atoms with van der Waals surface area (Å²) in [6.07, 6.45) is 0. The number of nitrogens with one attached hydrogen (secondary N) is 1. The molecule has 2 amide bonds. The molecule has 0 spiro atoms. The van der Waals surface area contributed by atoms with Gasteiger partial charge in [-0.1, -0.05) is 23.2 Å². The van der Waals surface area contributed by atoms with Crippen molar-refractivity contribution in [1.82, 2.24) is 15.1 Å². The highest BCUT2D eigenvalue weighted by molar-refractivity contribution is 6.36. The molecule has 0 atom stereocenters. The van der Waals surface area contributed by atoms with Crippen molar-refractivity contribution in [3.05, 3.63) is 33.8 Å². The highest BCUT2D eigenvalue weighted by Gasteiger charge is 2.25. The van der Waals surface area contributed by atoms with Crippen LogP contribution in [0.15, 0.2) is 18.2 Å².